The summed E-state index contributed by atoms with van der Waals surface area (Å²) in [5.74, 6) is 0.683. The SMILES string of the molecule is NCc1nc(-c2cc3c(c(Cl)c2O)CCCC3)no1. The molecule has 0 bridgehead atoms. The van der Waals surface area contributed by atoms with Gasteiger partial charge in [-0.15, -0.1) is 0 Å². The highest BCUT2D eigenvalue weighted by atomic mass is 35.5. The van der Waals surface area contributed by atoms with Crippen LogP contribution in [0.15, 0.2) is 10.6 Å². The van der Waals surface area contributed by atoms with Gasteiger partial charge in [0.1, 0.15) is 5.75 Å². The summed E-state index contributed by atoms with van der Waals surface area (Å²) in [4.78, 5) is 4.13. The van der Waals surface area contributed by atoms with Crippen LogP contribution in [0.25, 0.3) is 11.4 Å². The molecule has 1 aliphatic carbocycles. The van der Waals surface area contributed by atoms with E-state index >= 15 is 0 Å². The van der Waals surface area contributed by atoms with Gasteiger partial charge < -0.3 is 15.4 Å². The van der Waals surface area contributed by atoms with Crippen LogP contribution in [0.3, 0.4) is 0 Å². The molecule has 100 valence electrons. The number of nitrogens with zero attached hydrogens (tertiary/aromatic N) is 2. The standard InChI is InChI=1S/C13H14ClN3O2/c14-11-8-4-2-1-3-7(8)5-9(12(11)18)13-16-10(6-15)19-17-13/h5,18H,1-4,6,15H2. The summed E-state index contributed by atoms with van der Waals surface area (Å²) in [6.07, 6.45) is 4.10. The highest BCUT2D eigenvalue weighted by molar-refractivity contribution is 6.33. The lowest BCUT2D eigenvalue weighted by Crippen LogP contribution is -2.04. The van der Waals surface area contributed by atoms with Crippen LogP contribution in [-0.4, -0.2) is 15.2 Å². The van der Waals surface area contributed by atoms with Crippen LogP contribution < -0.4 is 5.73 Å². The fraction of sp³-hybridized carbons (Fsp3) is 0.385. The van der Waals surface area contributed by atoms with Gasteiger partial charge in [-0.2, -0.15) is 4.98 Å². The van der Waals surface area contributed by atoms with Crippen molar-refractivity contribution in [3.8, 4) is 17.1 Å². The molecule has 0 fully saturated rings. The quantitative estimate of drug-likeness (QED) is 0.882. The van der Waals surface area contributed by atoms with Crippen molar-refractivity contribution in [1.82, 2.24) is 10.1 Å². The number of nitrogens with two attached hydrogens (primary N) is 1. The zero-order valence-corrected chi connectivity index (χ0v) is 11.1. The summed E-state index contributed by atoms with van der Waals surface area (Å²) in [5, 5.41) is 14.4. The van der Waals surface area contributed by atoms with Gasteiger partial charge in [0.25, 0.3) is 0 Å². The third-order valence-corrected chi connectivity index (χ3v) is 3.85. The number of rotatable bonds is 2. The Morgan fingerprint density at radius 3 is 2.89 bits per heavy atom. The summed E-state index contributed by atoms with van der Waals surface area (Å²) in [6, 6.07) is 1.90. The summed E-state index contributed by atoms with van der Waals surface area (Å²) in [6.45, 7) is 0.173. The second-order valence-electron chi connectivity index (χ2n) is 4.65. The Labute approximate surface area is 115 Å². The summed E-state index contributed by atoms with van der Waals surface area (Å²) < 4.78 is 4.97. The number of aromatic hydroxyl groups is 1. The number of fused-ring (bicyclic) bond motifs is 1. The minimum atomic E-state index is 0.0201. The fourth-order valence-corrected chi connectivity index (χ4v) is 2.78. The number of hydrogen-bond donors (Lipinski definition) is 2. The van der Waals surface area contributed by atoms with Crippen LogP contribution in [0.4, 0.5) is 0 Å². The van der Waals surface area contributed by atoms with Crippen molar-refractivity contribution in [1.29, 1.82) is 0 Å². The van der Waals surface area contributed by atoms with Crippen LogP contribution in [0.5, 0.6) is 5.75 Å². The van der Waals surface area contributed by atoms with Gasteiger partial charge >= 0.3 is 0 Å². The largest absolute Gasteiger partial charge is 0.506 e. The van der Waals surface area contributed by atoms with Gasteiger partial charge in [-0.25, -0.2) is 0 Å². The number of phenols is 1. The normalized spacial score (nSPS) is 14.4. The second-order valence-corrected chi connectivity index (χ2v) is 5.03. The molecule has 0 aliphatic heterocycles. The van der Waals surface area contributed by atoms with E-state index < -0.39 is 0 Å². The minimum Gasteiger partial charge on any atom is -0.506 e. The number of benzene rings is 1. The van der Waals surface area contributed by atoms with E-state index in [1.807, 2.05) is 6.07 Å². The number of phenolic OH excluding ortho intramolecular Hbond substituents is 1. The van der Waals surface area contributed by atoms with Crippen LogP contribution in [0.2, 0.25) is 5.02 Å². The summed E-state index contributed by atoms with van der Waals surface area (Å²) in [5.41, 5.74) is 8.14. The molecule has 3 N–H and O–H groups in total. The van der Waals surface area contributed by atoms with Crippen molar-refractivity contribution in [3.05, 3.63) is 28.1 Å². The first kappa shape index (κ1) is 12.4. The lowest BCUT2D eigenvalue weighted by Gasteiger charge is -2.19. The molecule has 1 aliphatic rings. The van der Waals surface area contributed by atoms with Crippen LogP contribution in [-0.2, 0) is 19.4 Å². The average molecular weight is 280 g/mol. The van der Waals surface area contributed by atoms with Crippen molar-refractivity contribution in [3.63, 3.8) is 0 Å². The van der Waals surface area contributed by atoms with E-state index in [-0.39, 0.29) is 12.3 Å². The molecule has 0 amide bonds. The molecule has 0 radical (unpaired) electrons. The fourth-order valence-electron chi connectivity index (χ4n) is 2.46. The molecule has 3 rings (SSSR count). The molecular weight excluding hydrogens is 266 g/mol. The van der Waals surface area contributed by atoms with Gasteiger partial charge in [-0.05, 0) is 42.9 Å². The van der Waals surface area contributed by atoms with Crippen molar-refractivity contribution >= 4 is 11.6 Å². The maximum atomic E-state index is 10.2. The number of aryl methyl sites for hydroxylation is 1. The zero-order chi connectivity index (χ0) is 13.4. The van der Waals surface area contributed by atoms with Gasteiger partial charge in [-0.3, -0.25) is 0 Å². The molecule has 0 saturated heterocycles. The topological polar surface area (TPSA) is 85.2 Å². The maximum absolute atomic E-state index is 10.2. The molecule has 0 spiro atoms. The van der Waals surface area contributed by atoms with Crippen LogP contribution in [0.1, 0.15) is 29.9 Å². The van der Waals surface area contributed by atoms with E-state index in [4.69, 9.17) is 21.9 Å². The molecule has 0 unspecified atom stereocenters. The molecule has 2 aromatic rings. The third-order valence-electron chi connectivity index (χ3n) is 3.44. The Kier molecular flexibility index (Phi) is 3.16. The Morgan fingerprint density at radius 1 is 1.37 bits per heavy atom. The number of aromatic nitrogens is 2. The van der Waals surface area contributed by atoms with Gasteiger partial charge in [0.15, 0.2) is 0 Å². The molecule has 0 saturated carbocycles. The first-order valence-corrected chi connectivity index (χ1v) is 6.64. The van der Waals surface area contributed by atoms with Crippen molar-refractivity contribution in [2.45, 2.75) is 32.2 Å². The van der Waals surface area contributed by atoms with Crippen molar-refractivity contribution < 1.29 is 9.63 Å². The lowest BCUT2D eigenvalue weighted by atomic mass is 9.89. The Bertz CT molecular complexity index is 625. The van der Waals surface area contributed by atoms with E-state index in [1.54, 1.807) is 0 Å². The molecule has 19 heavy (non-hydrogen) atoms. The van der Waals surface area contributed by atoms with Crippen molar-refractivity contribution in [2.75, 3.05) is 0 Å². The van der Waals surface area contributed by atoms with Crippen LogP contribution in [0, 0.1) is 0 Å². The Balaban J connectivity index is 2.13. The Morgan fingerprint density at radius 2 is 2.16 bits per heavy atom. The van der Waals surface area contributed by atoms with Gasteiger partial charge in [0.2, 0.25) is 11.7 Å². The first-order chi connectivity index (χ1) is 9.20. The monoisotopic (exact) mass is 279 g/mol. The smallest absolute Gasteiger partial charge is 0.240 e. The predicted octanol–water partition coefficient (Wildman–Crippen LogP) is 2.43. The summed E-state index contributed by atoms with van der Waals surface area (Å²) >= 11 is 6.25. The number of halogens is 1. The number of hydrogen-bond acceptors (Lipinski definition) is 5. The minimum absolute atomic E-state index is 0.0201. The molecule has 1 aromatic heterocycles. The molecule has 0 atom stereocenters. The lowest BCUT2D eigenvalue weighted by molar-refractivity contribution is 0.380. The predicted molar refractivity (Wildman–Crippen MR) is 70.9 cm³/mol. The molecule has 6 heteroatoms. The molecule has 5 nitrogen and oxygen atoms in total. The zero-order valence-electron chi connectivity index (χ0n) is 10.3. The van der Waals surface area contributed by atoms with Gasteiger partial charge in [0, 0.05) is 0 Å². The van der Waals surface area contributed by atoms with E-state index in [0.29, 0.717) is 22.3 Å². The van der Waals surface area contributed by atoms with E-state index in [2.05, 4.69) is 10.1 Å². The average Bonchev–Trinajstić information content (AvgIpc) is 2.91. The first-order valence-electron chi connectivity index (χ1n) is 6.27. The Hall–Kier alpha value is -1.59. The van der Waals surface area contributed by atoms with Gasteiger partial charge in [0.05, 0.1) is 17.1 Å². The van der Waals surface area contributed by atoms with Crippen molar-refractivity contribution in [2.24, 2.45) is 5.73 Å². The molecular formula is C13H14ClN3O2. The highest BCUT2D eigenvalue weighted by Crippen LogP contribution is 2.41. The van der Waals surface area contributed by atoms with Gasteiger partial charge in [-0.1, -0.05) is 16.8 Å². The van der Waals surface area contributed by atoms with E-state index in [0.717, 1.165) is 36.8 Å². The van der Waals surface area contributed by atoms with E-state index in [9.17, 15) is 5.11 Å². The molecule has 1 heterocycles. The van der Waals surface area contributed by atoms with E-state index in [1.165, 1.54) is 0 Å². The third kappa shape index (κ3) is 2.09. The second kappa shape index (κ2) is 4.83. The molecule has 1 aromatic carbocycles. The summed E-state index contributed by atoms with van der Waals surface area (Å²) in [7, 11) is 0. The highest BCUT2D eigenvalue weighted by Gasteiger charge is 2.21. The van der Waals surface area contributed by atoms with Crippen LogP contribution >= 0.6 is 11.6 Å². The maximum Gasteiger partial charge on any atom is 0.240 e.